The largest absolute Gasteiger partial charge is 0.335 e. The van der Waals surface area contributed by atoms with E-state index in [2.05, 4.69) is 28.1 Å². The van der Waals surface area contributed by atoms with Crippen molar-refractivity contribution in [2.24, 2.45) is 0 Å². The summed E-state index contributed by atoms with van der Waals surface area (Å²) in [5.41, 5.74) is 2.74. The molecule has 3 amide bonds. The molecule has 0 aliphatic heterocycles. The standard InChI is InChI=1S/C29H35N3O2/c33-28(32(25-17-8-3-9-18-25)29(34)30-24-15-6-2-7-16-24)27-20-23-14-10-11-19-26(23)31(27)21-22-12-4-1-5-13-22/h1,4-5,10-14,19-20,24-25H,2-3,6-9,15-18,21H2,(H,30,34). The van der Waals surface area contributed by atoms with Crippen molar-refractivity contribution in [3.63, 3.8) is 0 Å². The number of fused-ring (bicyclic) bond motifs is 1. The smallest absolute Gasteiger partial charge is 0.324 e. The molecule has 1 N–H and O–H groups in total. The predicted octanol–water partition coefficient (Wildman–Crippen LogP) is 6.51. The van der Waals surface area contributed by atoms with Crippen LogP contribution in [0.25, 0.3) is 10.9 Å². The van der Waals surface area contributed by atoms with E-state index in [0.29, 0.717) is 12.2 Å². The molecule has 0 atom stereocenters. The zero-order valence-electron chi connectivity index (χ0n) is 19.9. The van der Waals surface area contributed by atoms with E-state index in [9.17, 15) is 9.59 Å². The highest BCUT2D eigenvalue weighted by Crippen LogP contribution is 2.28. The number of aromatic nitrogens is 1. The molecule has 2 aliphatic carbocycles. The van der Waals surface area contributed by atoms with Gasteiger partial charge >= 0.3 is 6.03 Å². The van der Waals surface area contributed by atoms with Gasteiger partial charge in [0.25, 0.3) is 5.91 Å². The second-order valence-electron chi connectivity index (χ2n) is 9.91. The highest BCUT2D eigenvalue weighted by Gasteiger charge is 2.34. The van der Waals surface area contributed by atoms with Gasteiger partial charge in [0.2, 0.25) is 0 Å². The van der Waals surface area contributed by atoms with E-state index in [1.165, 1.54) is 12.8 Å². The molecular weight excluding hydrogens is 422 g/mol. The highest BCUT2D eigenvalue weighted by molar-refractivity contribution is 6.06. The Morgan fingerprint density at radius 2 is 1.47 bits per heavy atom. The van der Waals surface area contributed by atoms with Gasteiger partial charge in [0, 0.05) is 29.5 Å². The lowest BCUT2D eigenvalue weighted by molar-refractivity contribution is 0.0692. The monoisotopic (exact) mass is 457 g/mol. The molecule has 0 bridgehead atoms. The second kappa shape index (κ2) is 10.5. The highest BCUT2D eigenvalue weighted by atomic mass is 16.2. The summed E-state index contributed by atoms with van der Waals surface area (Å²) in [6, 6.07) is 20.2. The molecule has 34 heavy (non-hydrogen) atoms. The minimum absolute atomic E-state index is 0.0342. The van der Waals surface area contributed by atoms with Crippen LogP contribution in [0.2, 0.25) is 0 Å². The first-order valence-electron chi connectivity index (χ1n) is 13.0. The number of benzene rings is 2. The van der Waals surface area contributed by atoms with Gasteiger partial charge in [-0.15, -0.1) is 0 Å². The van der Waals surface area contributed by atoms with Gasteiger partial charge < -0.3 is 9.88 Å². The quantitative estimate of drug-likeness (QED) is 0.475. The molecule has 0 saturated heterocycles. The van der Waals surface area contributed by atoms with E-state index in [4.69, 9.17) is 0 Å². The van der Waals surface area contributed by atoms with Crippen molar-refractivity contribution in [1.29, 1.82) is 0 Å². The average molecular weight is 458 g/mol. The average Bonchev–Trinajstić information content (AvgIpc) is 3.24. The fourth-order valence-electron chi connectivity index (χ4n) is 5.70. The SMILES string of the molecule is O=C(NC1CCCCC1)N(C(=O)c1cc2ccccc2n1Cc1ccccc1)C1CCCCC1. The van der Waals surface area contributed by atoms with Crippen LogP contribution in [-0.2, 0) is 6.54 Å². The number of nitrogens with zero attached hydrogens (tertiary/aromatic N) is 2. The predicted molar refractivity (Wildman–Crippen MR) is 136 cm³/mol. The fraction of sp³-hybridized carbons (Fsp3) is 0.448. The molecule has 3 aromatic rings. The third-order valence-electron chi connectivity index (χ3n) is 7.52. The number of nitrogens with one attached hydrogen (secondary N) is 1. The number of carbonyl (C=O) groups is 2. The number of carbonyl (C=O) groups excluding carboxylic acids is 2. The van der Waals surface area contributed by atoms with E-state index >= 15 is 0 Å². The van der Waals surface area contributed by atoms with Crippen LogP contribution in [0.1, 0.15) is 80.3 Å². The molecule has 2 aliphatic rings. The summed E-state index contributed by atoms with van der Waals surface area (Å²) < 4.78 is 2.08. The summed E-state index contributed by atoms with van der Waals surface area (Å²) in [4.78, 5) is 29.3. The summed E-state index contributed by atoms with van der Waals surface area (Å²) in [5.74, 6) is -0.174. The van der Waals surface area contributed by atoms with Gasteiger partial charge in [0.15, 0.2) is 0 Å². The molecule has 5 heteroatoms. The normalized spacial score (nSPS) is 17.5. The summed E-state index contributed by atoms with van der Waals surface area (Å²) in [5, 5.41) is 4.25. The van der Waals surface area contributed by atoms with Crippen LogP contribution in [0, 0.1) is 0 Å². The third-order valence-corrected chi connectivity index (χ3v) is 7.52. The maximum atomic E-state index is 14.2. The van der Waals surface area contributed by atoms with Crippen LogP contribution in [0.4, 0.5) is 4.79 Å². The van der Waals surface area contributed by atoms with Gasteiger partial charge in [0.05, 0.1) is 0 Å². The lowest BCUT2D eigenvalue weighted by Gasteiger charge is -2.34. The maximum Gasteiger partial charge on any atom is 0.324 e. The number of para-hydroxylation sites is 1. The number of urea groups is 1. The van der Waals surface area contributed by atoms with E-state index in [1.807, 2.05) is 42.5 Å². The van der Waals surface area contributed by atoms with Crippen LogP contribution in [0.5, 0.6) is 0 Å². The lowest BCUT2D eigenvalue weighted by atomic mass is 9.93. The molecule has 178 valence electrons. The van der Waals surface area contributed by atoms with Crippen molar-refractivity contribution < 1.29 is 9.59 Å². The molecule has 2 saturated carbocycles. The Balaban J connectivity index is 1.50. The zero-order chi connectivity index (χ0) is 23.3. The molecule has 5 nitrogen and oxygen atoms in total. The van der Waals surface area contributed by atoms with E-state index in [0.717, 1.165) is 67.8 Å². The van der Waals surface area contributed by atoms with Crippen molar-refractivity contribution in [3.8, 4) is 0 Å². The van der Waals surface area contributed by atoms with Crippen LogP contribution < -0.4 is 5.32 Å². The van der Waals surface area contributed by atoms with Crippen molar-refractivity contribution in [2.45, 2.75) is 82.8 Å². The van der Waals surface area contributed by atoms with Crippen molar-refractivity contribution in [3.05, 3.63) is 71.9 Å². The molecule has 2 fully saturated rings. The van der Waals surface area contributed by atoms with Crippen molar-refractivity contribution >= 4 is 22.8 Å². The molecular formula is C29H35N3O2. The number of imide groups is 1. The van der Waals surface area contributed by atoms with Crippen LogP contribution >= 0.6 is 0 Å². The van der Waals surface area contributed by atoms with Crippen LogP contribution in [-0.4, -0.2) is 33.5 Å². The van der Waals surface area contributed by atoms with E-state index in [-0.39, 0.29) is 24.0 Å². The van der Waals surface area contributed by atoms with Gasteiger partial charge in [-0.3, -0.25) is 9.69 Å². The Hall–Kier alpha value is -3.08. The molecule has 2 aromatic carbocycles. The fourth-order valence-corrected chi connectivity index (χ4v) is 5.70. The summed E-state index contributed by atoms with van der Waals surface area (Å²) in [7, 11) is 0. The second-order valence-corrected chi connectivity index (χ2v) is 9.91. The Kier molecular flexibility index (Phi) is 6.98. The first kappa shape index (κ1) is 22.7. The number of hydrogen-bond donors (Lipinski definition) is 1. The Morgan fingerprint density at radius 1 is 0.824 bits per heavy atom. The Labute approximate surface area is 202 Å². The van der Waals surface area contributed by atoms with Gasteiger partial charge in [0.1, 0.15) is 5.69 Å². The van der Waals surface area contributed by atoms with E-state index < -0.39 is 0 Å². The number of amides is 3. The summed E-state index contributed by atoms with van der Waals surface area (Å²) in [6.07, 6.45) is 10.6. The number of hydrogen-bond acceptors (Lipinski definition) is 2. The molecule has 1 aromatic heterocycles. The first-order chi connectivity index (χ1) is 16.7. The van der Waals surface area contributed by atoms with Gasteiger partial charge in [-0.25, -0.2) is 4.79 Å². The molecule has 5 rings (SSSR count). The topological polar surface area (TPSA) is 54.3 Å². The van der Waals surface area contributed by atoms with E-state index in [1.54, 1.807) is 4.90 Å². The van der Waals surface area contributed by atoms with Gasteiger partial charge in [-0.05, 0) is 43.4 Å². The summed E-state index contributed by atoms with van der Waals surface area (Å²) >= 11 is 0. The Bertz CT molecular complexity index is 1120. The van der Waals surface area contributed by atoms with Crippen LogP contribution in [0.15, 0.2) is 60.7 Å². The minimum atomic E-state index is -0.208. The van der Waals surface area contributed by atoms with Gasteiger partial charge in [-0.1, -0.05) is 87.1 Å². The zero-order valence-corrected chi connectivity index (χ0v) is 19.9. The minimum Gasteiger partial charge on any atom is -0.335 e. The van der Waals surface area contributed by atoms with Gasteiger partial charge in [-0.2, -0.15) is 0 Å². The van der Waals surface area contributed by atoms with Crippen molar-refractivity contribution in [2.75, 3.05) is 0 Å². The molecule has 1 heterocycles. The Morgan fingerprint density at radius 3 is 2.21 bits per heavy atom. The molecule has 0 spiro atoms. The first-order valence-corrected chi connectivity index (χ1v) is 13.0. The maximum absolute atomic E-state index is 14.2. The van der Waals surface area contributed by atoms with Crippen molar-refractivity contribution in [1.82, 2.24) is 14.8 Å². The van der Waals surface area contributed by atoms with Crippen LogP contribution in [0.3, 0.4) is 0 Å². The summed E-state index contributed by atoms with van der Waals surface area (Å²) in [6.45, 7) is 0.595. The third kappa shape index (κ3) is 4.89. The lowest BCUT2D eigenvalue weighted by Crippen LogP contribution is -2.53. The molecule has 0 radical (unpaired) electrons. The number of rotatable bonds is 5. The molecule has 0 unspecified atom stereocenters.